The third-order valence-electron chi connectivity index (χ3n) is 4.63. The number of hydrogen-bond acceptors (Lipinski definition) is 5. The number of fused-ring (bicyclic) bond motifs is 1. The summed E-state index contributed by atoms with van der Waals surface area (Å²) in [6.07, 6.45) is 1.86. The maximum atomic E-state index is 12.6. The lowest BCUT2D eigenvalue weighted by Crippen LogP contribution is -2.19. The van der Waals surface area contributed by atoms with Gasteiger partial charge in [0, 0.05) is 5.56 Å². The number of hydrogen-bond donors (Lipinski definition) is 1. The third-order valence-corrected chi connectivity index (χ3v) is 5.54. The quantitative estimate of drug-likeness (QED) is 0.618. The van der Waals surface area contributed by atoms with Crippen LogP contribution in [0.3, 0.4) is 0 Å². The monoisotopic (exact) mass is 404 g/mol. The van der Waals surface area contributed by atoms with E-state index in [2.05, 4.69) is 10.3 Å². The highest BCUT2D eigenvalue weighted by molar-refractivity contribution is 8.18. The molecule has 5 nitrogen and oxygen atoms in total. The second-order valence-corrected chi connectivity index (χ2v) is 7.59. The normalized spacial score (nSPS) is 16.4. The summed E-state index contributed by atoms with van der Waals surface area (Å²) in [5.41, 5.74) is 2.62. The van der Waals surface area contributed by atoms with Crippen LogP contribution in [0.5, 0.6) is 11.5 Å². The minimum Gasteiger partial charge on any atom is -0.496 e. The number of amidine groups is 1. The van der Waals surface area contributed by atoms with Crippen molar-refractivity contribution in [2.75, 3.05) is 14.2 Å². The molecule has 3 aromatic rings. The molecule has 146 valence electrons. The van der Waals surface area contributed by atoms with E-state index in [1.165, 1.54) is 11.8 Å². The fourth-order valence-electron chi connectivity index (χ4n) is 3.21. The topological polar surface area (TPSA) is 59.9 Å². The summed E-state index contributed by atoms with van der Waals surface area (Å²) in [4.78, 5) is 17.7. The summed E-state index contributed by atoms with van der Waals surface area (Å²) in [5.74, 6) is 1.19. The van der Waals surface area contributed by atoms with E-state index in [0.717, 1.165) is 27.6 Å². The number of methoxy groups -OCH3 is 2. The summed E-state index contributed by atoms with van der Waals surface area (Å²) in [5, 5.41) is 5.47. The first kappa shape index (κ1) is 19.1. The molecule has 1 saturated heterocycles. The van der Waals surface area contributed by atoms with Gasteiger partial charge >= 0.3 is 0 Å². The van der Waals surface area contributed by atoms with Crippen LogP contribution in [0.25, 0.3) is 16.8 Å². The van der Waals surface area contributed by atoms with Crippen LogP contribution >= 0.6 is 11.8 Å². The van der Waals surface area contributed by atoms with E-state index in [4.69, 9.17) is 9.47 Å². The van der Waals surface area contributed by atoms with Crippen LogP contribution < -0.4 is 14.8 Å². The summed E-state index contributed by atoms with van der Waals surface area (Å²) in [6, 6.07) is 17.7. The molecule has 1 amide bonds. The standard InChI is InChI=1S/C23H20N2O3S/c1-14-8-10-20(28-3)18(12-14)24-23-25-22(26)21(29-23)13-17-16-7-5-4-6-15(16)9-11-19(17)27-2/h4-13H,1-3H3,(H,24,25,26)/b21-13-. The Morgan fingerprint density at radius 2 is 1.76 bits per heavy atom. The van der Waals surface area contributed by atoms with Gasteiger partial charge in [0.2, 0.25) is 0 Å². The van der Waals surface area contributed by atoms with Crippen molar-refractivity contribution in [3.05, 3.63) is 70.6 Å². The lowest BCUT2D eigenvalue weighted by Gasteiger charge is -2.09. The Hall–Kier alpha value is -3.25. The number of aliphatic imine (C=N–C) groups is 1. The van der Waals surface area contributed by atoms with Gasteiger partial charge in [0.15, 0.2) is 5.17 Å². The van der Waals surface area contributed by atoms with Gasteiger partial charge in [-0.15, -0.1) is 0 Å². The van der Waals surface area contributed by atoms with Crippen LogP contribution in [0.4, 0.5) is 5.69 Å². The fraction of sp³-hybridized carbons (Fsp3) is 0.130. The Labute approximate surface area is 173 Å². The van der Waals surface area contributed by atoms with Crippen molar-refractivity contribution >= 4 is 45.4 Å². The van der Waals surface area contributed by atoms with Gasteiger partial charge in [0.25, 0.3) is 5.91 Å². The molecule has 0 saturated carbocycles. The van der Waals surface area contributed by atoms with Gasteiger partial charge in [0.1, 0.15) is 17.2 Å². The number of thioether (sulfide) groups is 1. The molecule has 0 atom stereocenters. The van der Waals surface area contributed by atoms with Crippen LogP contribution in [-0.4, -0.2) is 25.3 Å². The fourth-order valence-corrected chi connectivity index (χ4v) is 4.03. The number of rotatable bonds is 4. The Balaban J connectivity index is 1.74. The molecule has 0 spiro atoms. The van der Waals surface area contributed by atoms with Crippen LogP contribution in [0.15, 0.2) is 64.5 Å². The molecule has 0 bridgehead atoms. The third kappa shape index (κ3) is 3.84. The highest BCUT2D eigenvalue weighted by atomic mass is 32.2. The highest BCUT2D eigenvalue weighted by Gasteiger charge is 2.25. The maximum Gasteiger partial charge on any atom is 0.264 e. The molecule has 0 aliphatic carbocycles. The molecule has 1 aliphatic rings. The van der Waals surface area contributed by atoms with Crippen molar-refractivity contribution in [3.8, 4) is 11.5 Å². The highest BCUT2D eigenvalue weighted by Crippen LogP contribution is 2.36. The van der Waals surface area contributed by atoms with E-state index in [9.17, 15) is 4.79 Å². The van der Waals surface area contributed by atoms with Crippen molar-refractivity contribution in [1.29, 1.82) is 0 Å². The molecule has 0 radical (unpaired) electrons. The number of nitrogens with zero attached hydrogens (tertiary/aromatic N) is 1. The van der Waals surface area contributed by atoms with E-state index in [0.29, 0.717) is 21.5 Å². The van der Waals surface area contributed by atoms with Crippen molar-refractivity contribution < 1.29 is 14.3 Å². The SMILES string of the molecule is COc1ccc(C)cc1N=C1NC(=O)/C(=C/c2c(OC)ccc3ccccc23)S1. The Bertz CT molecular complexity index is 1170. The Kier molecular flexibility index (Phi) is 5.27. The molecule has 1 N–H and O–H groups in total. The number of carbonyl (C=O) groups is 1. The lowest BCUT2D eigenvalue weighted by molar-refractivity contribution is -0.115. The lowest BCUT2D eigenvalue weighted by atomic mass is 10.0. The molecule has 6 heteroatoms. The molecular formula is C23H20N2O3S. The molecule has 4 rings (SSSR count). The zero-order chi connectivity index (χ0) is 20.4. The largest absolute Gasteiger partial charge is 0.496 e. The molecule has 29 heavy (non-hydrogen) atoms. The zero-order valence-corrected chi connectivity index (χ0v) is 17.2. The van der Waals surface area contributed by atoms with Gasteiger partial charge < -0.3 is 14.8 Å². The predicted octanol–water partition coefficient (Wildman–Crippen LogP) is 5.06. The van der Waals surface area contributed by atoms with E-state index < -0.39 is 0 Å². The molecule has 1 heterocycles. The summed E-state index contributed by atoms with van der Waals surface area (Å²) in [6.45, 7) is 1.99. The first-order chi connectivity index (χ1) is 14.1. The van der Waals surface area contributed by atoms with Crippen LogP contribution in [-0.2, 0) is 4.79 Å². The van der Waals surface area contributed by atoms with Gasteiger partial charge in [-0.2, -0.15) is 0 Å². The number of amides is 1. The van der Waals surface area contributed by atoms with Gasteiger partial charge in [-0.1, -0.05) is 36.4 Å². The maximum absolute atomic E-state index is 12.6. The van der Waals surface area contributed by atoms with E-state index in [1.807, 2.05) is 67.6 Å². The van der Waals surface area contributed by atoms with Crippen LogP contribution in [0.2, 0.25) is 0 Å². The average molecular weight is 404 g/mol. The number of benzene rings is 3. The smallest absolute Gasteiger partial charge is 0.264 e. The van der Waals surface area contributed by atoms with Crippen molar-refractivity contribution in [3.63, 3.8) is 0 Å². The molecular weight excluding hydrogens is 384 g/mol. The van der Waals surface area contributed by atoms with Crippen molar-refractivity contribution in [1.82, 2.24) is 5.32 Å². The minimum absolute atomic E-state index is 0.185. The second-order valence-electron chi connectivity index (χ2n) is 6.56. The molecule has 1 fully saturated rings. The molecule has 0 unspecified atom stereocenters. The number of nitrogens with one attached hydrogen (secondary N) is 1. The van der Waals surface area contributed by atoms with Crippen LogP contribution in [0.1, 0.15) is 11.1 Å². The first-order valence-electron chi connectivity index (χ1n) is 9.09. The van der Waals surface area contributed by atoms with Gasteiger partial charge in [-0.05, 0) is 59.3 Å². The van der Waals surface area contributed by atoms with Gasteiger partial charge in [-0.3, -0.25) is 4.79 Å². The molecule has 0 aromatic heterocycles. The van der Waals surface area contributed by atoms with E-state index >= 15 is 0 Å². The summed E-state index contributed by atoms with van der Waals surface area (Å²) >= 11 is 1.30. The predicted molar refractivity (Wildman–Crippen MR) is 119 cm³/mol. The average Bonchev–Trinajstić information content (AvgIpc) is 3.07. The van der Waals surface area contributed by atoms with Gasteiger partial charge in [-0.25, -0.2) is 4.99 Å². The molecule has 3 aromatic carbocycles. The minimum atomic E-state index is -0.185. The van der Waals surface area contributed by atoms with Gasteiger partial charge in [0.05, 0.1) is 19.1 Å². The zero-order valence-electron chi connectivity index (χ0n) is 16.4. The van der Waals surface area contributed by atoms with E-state index in [1.54, 1.807) is 14.2 Å². The Morgan fingerprint density at radius 1 is 1.00 bits per heavy atom. The number of carbonyl (C=O) groups excluding carboxylic acids is 1. The number of ether oxygens (including phenoxy) is 2. The van der Waals surface area contributed by atoms with Crippen molar-refractivity contribution in [2.45, 2.75) is 6.92 Å². The van der Waals surface area contributed by atoms with E-state index in [-0.39, 0.29) is 5.91 Å². The summed E-state index contributed by atoms with van der Waals surface area (Å²) in [7, 11) is 3.23. The second kappa shape index (κ2) is 8.01. The first-order valence-corrected chi connectivity index (χ1v) is 9.90. The summed E-state index contributed by atoms with van der Waals surface area (Å²) < 4.78 is 10.9. The Morgan fingerprint density at radius 3 is 2.55 bits per heavy atom. The number of aryl methyl sites for hydroxylation is 1. The van der Waals surface area contributed by atoms with Crippen LogP contribution in [0, 0.1) is 6.92 Å². The molecule has 1 aliphatic heterocycles. The van der Waals surface area contributed by atoms with Crippen molar-refractivity contribution in [2.24, 2.45) is 4.99 Å².